The van der Waals surface area contributed by atoms with Crippen molar-refractivity contribution in [1.29, 1.82) is 0 Å². The number of hydrogen-bond acceptors (Lipinski definition) is 2. The van der Waals surface area contributed by atoms with E-state index in [1.807, 2.05) is 70.3 Å². The monoisotopic (exact) mass is 297 g/mol. The molecule has 1 atom stereocenters. The number of ether oxygens (including phenoxy) is 1. The second-order valence-electron chi connectivity index (χ2n) is 5.66. The Hall–Kier alpha value is -2.29. The summed E-state index contributed by atoms with van der Waals surface area (Å²) in [4.78, 5) is 14.4. The quantitative estimate of drug-likeness (QED) is 0.848. The van der Waals surface area contributed by atoms with Gasteiger partial charge in [-0.2, -0.15) is 0 Å². The van der Waals surface area contributed by atoms with E-state index in [1.165, 1.54) is 5.56 Å². The lowest BCUT2D eigenvalue weighted by Gasteiger charge is -2.26. The maximum atomic E-state index is 12.6. The van der Waals surface area contributed by atoms with Crippen molar-refractivity contribution in [3.8, 4) is 5.75 Å². The van der Waals surface area contributed by atoms with E-state index in [2.05, 4.69) is 0 Å². The molecule has 2 rings (SSSR count). The molecule has 1 amide bonds. The van der Waals surface area contributed by atoms with Gasteiger partial charge in [0.25, 0.3) is 5.91 Å². The summed E-state index contributed by atoms with van der Waals surface area (Å²) in [5.41, 5.74) is 4.14. The third-order valence-corrected chi connectivity index (χ3v) is 4.25. The summed E-state index contributed by atoms with van der Waals surface area (Å²) in [5.74, 6) is 0.852. The molecule has 3 nitrogen and oxygen atoms in total. The molecule has 0 fully saturated rings. The van der Waals surface area contributed by atoms with Crippen molar-refractivity contribution in [2.45, 2.75) is 26.8 Å². The Morgan fingerprint density at radius 3 is 2.23 bits per heavy atom. The van der Waals surface area contributed by atoms with Crippen molar-refractivity contribution in [3.05, 3.63) is 64.7 Å². The summed E-state index contributed by atoms with van der Waals surface area (Å²) >= 11 is 0. The Morgan fingerprint density at radius 1 is 1.05 bits per heavy atom. The molecule has 0 heterocycles. The third kappa shape index (κ3) is 3.30. The van der Waals surface area contributed by atoms with Gasteiger partial charge in [0, 0.05) is 12.6 Å². The summed E-state index contributed by atoms with van der Waals surface area (Å²) in [6, 6.07) is 13.7. The molecule has 2 aromatic rings. The topological polar surface area (TPSA) is 29.5 Å². The number of methoxy groups -OCH3 is 1. The van der Waals surface area contributed by atoms with E-state index in [-0.39, 0.29) is 11.9 Å². The maximum absolute atomic E-state index is 12.6. The van der Waals surface area contributed by atoms with Gasteiger partial charge in [-0.15, -0.1) is 0 Å². The highest BCUT2D eigenvalue weighted by molar-refractivity contribution is 5.94. The minimum atomic E-state index is 0.0000142. The van der Waals surface area contributed by atoms with Crippen molar-refractivity contribution in [2.75, 3.05) is 14.2 Å². The fourth-order valence-electron chi connectivity index (χ4n) is 2.36. The van der Waals surface area contributed by atoms with Crippen LogP contribution in [0.3, 0.4) is 0 Å². The minimum Gasteiger partial charge on any atom is -0.497 e. The number of amides is 1. The van der Waals surface area contributed by atoms with Gasteiger partial charge in [-0.25, -0.2) is 0 Å². The summed E-state index contributed by atoms with van der Waals surface area (Å²) in [6.07, 6.45) is 0. The van der Waals surface area contributed by atoms with Crippen molar-refractivity contribution in [3.63, 3.8) is 0 Å². The smallest absolute Gasteiger partial charge is 0.254 e. The normalized spacial score (nSPS) is 11.9. The van der Waals surface area contributed by atoms with Crippen molar-refractivity contribution >= 4 is 5.91 Å². The average Bonchev–Trinajstić information content (AvgIpc) is 2.55. The zero-order valence-electron chi connectivity index (χ0n) is 13.9. The zero-order chi connectivity index (χ0) is 16.3. The van der Waals surface area contributed by atoms with Crippen LogP contribution in [0.2, 0.25) is 0 Å². The van der Waals surface area contributed by atoms with Crippen LogP contribution in [0.5, 0.6) is 5.75 Å². The van der Waals surface area contributed by atoms with Gasteiger partial charge < -0.3 is 9.64 Å². The lowest BCUT2D eigenvalue weighted by Crippen LogP contribution is -2.29. The molecule has 2 aromatic carbocycles. The second kappa shape index (κ2) is 6.65. The number of nitrogens with zero attached hydrogens (tertiary/aromatic N) is 1. The average molecular weight is 297 g/mol. The van der Waals surface area contributed by atoms with Crippen LogP contribution >= 0.6 is 0 Å². The fraction of sp³-hybridized carbons (Fsp3) is 0.316. The summed E-state index contributed by atoms with van der Waals surface area (Å²) in [7, 11) is 3.49. The molecule has 0 aliphatic heterocycles. The summed E-state index contributed by atoms with van der Waals surface area (Å²) < 4.78 is 5.17. The zero-order valence-corrected chi connectivity index (χ0v) is 13.9. The van der Waals surface area contributed by atoms with Crippen molar-refractivity contribution < 1.29 is 9.53 Å². The SMILES string of the molecule is COc1ccc(C(C)N(C)C(=O)c2ccc(C)c(C)c2)cc1. The highest BCUT2D eigenvalue weighted by atomic mass is 16.5. The first-order chi connectivity index (χ1) is 10.4. The van der Waals surface area contributed by atoms with Gasteiger partial charge in [0.15, 0.2) is 0 Å². The number of hydrogen-bond donors (Lipinski definition) is 0. The Morgan fingerprint density at radius 2 is 1.68 bits per heavy atom. The van der Waals surface area contributed by atoms with Crippen molar-refractivity contribution in [1.82, 2.24) is 4.90 Å². The van der Waals surface area contributed by atoms with E-state index in [4.69, 9.17) is 4.74 Å². The van der Waals surface area contributed by atoms with Gasteiger partial charge in [0.1, 0.15) is 5.75 Å². The van der Waals surface area contributed by atoms with Crippen LogP contribution < -0.4 is 4.74 Å². The van der Waals surface area contributed by atoms with Gasteiger partial charge in [0.05, 0.1) is 13.2 Å². The first-order valence-corrected chi connectivity index (χ1v) is 7.42. The number of carbonyl (C=O) groups is 1. The third-order valence-electron chi connectivity index (χ3n) is 4.25. The van der Waals surface area contributed by atoms with Gasteiger partial charge in [-0.05, 0) is 61.7 Å². The molecule has 1 unspecified atom stereocenters. The van der Waals surface area contributed by atoms with Gasteiger partial charge in [0.2, 0.25) is 0 Å². The first-order valence-electron chi connectivity index (χ1n) is 7.42. The van der Waals surface area contributed by atoms with E-state index >= 15 is 0 Å². The second-order valence-corrected chi connectivity index (χ2v) is 5.66. The standard InChI is InChI=1S/C19H23NO2/c1-13-6-7-17(12-14(13)2)19(21)20(4)15(3)16-8-10-18(22-5)11-9-16/h6-12,15H,1-5H3. The van der Waals surface area contributed by atoms with E-state index in [9.17, 15) is 4.79 Å². The first kappa shape index (κ1) is 16.1. The van der Waals surface area contributed by atoms with Crippen LogP contribution in [-0.2, 0) is 0 Å². The fourth-order valence-corrected chi connectivity index (χ4v) is 2.36. The van der Waals surface area contributed by atoms with E-state index in [0.717, 1.165) is 22.4 Å². The van der Waals surface area contributed by atoms with Gasteiger partial charge >= 0.3 is 0 Å². The molecule has 0 N–H and O–H groups in total. The number of benzene rings is 2. The van der Waals surface area contributed by atoms with Crippen LogP contribution in [0.1, 0.15) is 40.0 Å². The molecule has 0 spiro atoms. The molecule has 0 radical (unpaired) electrons. The van der Waals surface area contributed by atoms with Crippen LogP contribution in [0.4, 0.5) is 0 Å². The molecule has 0 aromatic heterocycles. The van der Waals surface area contributed by atoms with Crippen molar-refractivity contribution in [2.24, 2.45) is 0 Å². The number of rotatable bonds is 4. The molecule has 0 aliphatic carbocycles. The van der Waals surface area contributed by atoms with E-state index in [0.29, 0.717) is 0 Å². The Balaban J connectivity index is 2.19. The predicted molar refractivity (Wildman–Crippen MR) is 89.4 cm³/mol. The molecular weight excluding hydrogens is 274 g/mol. The highest BCUT2D eigenvalue weighted by Crippen LogP contribution is 2.23. The molecule has 3 heteroatoms. The lowest BCUT2D eigenvalue weighted by atomic mass is 10.0. The molecule has 22 heavy (non-hydrogen) atoms. The van der Waals surface area contributed by atoms with E-state index < -0.39 is 0 Å². The summed E-state index contributed by atoms with van der Waals surface area (Å²) in [5, 5.41) is 0. The largest absolute Gasteiger partial charge is 0.497 e. The van der Waals surface area contributed by atoms with Crippen LogP contribution in [0.15, 0.2) is 42.5 Å². The molecule has 0 saturated heterocycles. The maximum Gasteiger partial charge on any atom is 0.254 e. The van der Waals surface area contributed by atoms with Gasteiger partial charge in [-0.1, -0.05) is 18.2 Å². The van der Waals surface area contributed by atoms with Gasteiger partial charge in [-0.3, -0.25) is 4.79 Å². The van der Waals surface area contributed by atoms with Crippen LogP contribution in [0, 0.1) is 13.8 Å². The Kier molecular flexibility index (Phi) is 4.86. The molecule has 0 aliphatic rings. The Bertz CT molecular complexity index is 662. The lowest BCUT2D eigenvalue weighted by molar-refractivity contribution is 0.0742. The van der Waals surface area contributed by atoms with Crippen LogP contribution in [-0.4, -0.2) is 25.0 Å². The molecular formula is C19H23NO2. The number of carbonyl (C=O) groups excluding carboxylic acids is 1. The highest BCUT2D eigenvalue weighted by Gasteiger charge is 2.19. The molecule has 0 bridgehead atoms. The summed E-state index contributed by atoms with van der Waals surface area (Å²) in [6.45, 7) is 6.10. The molecule has 0 saturated carbocycles. The van der Waals surface area contributed by atoms with Crippen LogP contribution in [0.25, 0.3) is 0 Å². The predicted octanol–water partition coefficient (Wildman–Crippen LogP) is 4.15. The minimum absolute atomic E-state index is 0.0000142. The van der Waals surface area contributed by atoms with E-state index in [1.54, 1.807) is 12.0 Å². The molecule has 116 valence electrons. The number of aryl methyl sites for hydroxylation is 2. The Labute approximate surface area is 132 Å².